The maximum atomic E-state index is 16.3. The van der Waals surface area contributed by atoms with E-state index >= 15 is 4.39 Å². The van der Waals surface area contributed by atoms with Crippen LogP contribution in [0.4, 0.5) is 37.2 Å². The first-order chi connectivity index (χ1) is 18.0. The molecule has 2 bridgehead atoms. The van der Waals surface area contributed by atoms with Crippen LogP contribution in [0.5, 0.6) is 6.01 Å². The summed E-state index contributed by atoms with van der Waals surface area (Å²) in [5.74, 6) is -2.35. The van der Waals surface area contributed by atoms with Gasteiger partial charge in [-0.15, -0.1) is 11.3 Å². The molecule has 0 aliphatic carbocycles. The number of benzene rings is 2. The van der Waals surface area contributed by atoms with Crippen molar-refractivity contribution in [3.8, 4) is 23.2 Å². The summed E-state index contributed by atoms with van der Waals surface area (Å²) in [4.78, 5) is 9.54. The molecule has 3 unspecified atom stereocenters. The number of alkyl halides is 4. The van der Waals surface area contributed by atoms with Crippen molar-refractivity contribution in [1.82, 2.24) is 9.97 Å². The largest absolute Gasteiger partial charge is 0.467 e. The molecule has 0 amide bonds. The van der Waals surface area contributed by atoms with Gasteiger partial charge in [0, 0.05) is 22.9 Å². The highest BCUT2D eigenvalue weighted by Gasteiger charge is 2.50. The van der Waals surface area contributed by atoms with Gasteiger partial charge in [0.15, 0.2) is 12.0 Å². The number of nitrogens with zero attached hydrogens (tertiary/aromatic N) is 4. The zero-order valence-electron chi connectivity index (χ0n) is 19.2. The van der Waals surface area contributed by atoms with Crippen LogP contribution in [0.2, 0.25) is 0 Å². The summed E-state index contributed by atoms with van der Waals surface area (Å²) in [5, 5.41) is 8.91. The summed E-state index contributed by atoms with van der Waals surface area (Å²) in [6, 6.07) is 3.12. The highest BCUT2D eigenvalue weighted by molar-refractivity contribution is 7.23. The van der Waals surface area contributed by atoms with Crippen molar-refractivity contribution in [3.63, 3.8) is 0 Å². The predicted molar refractivity (Wildman–Crippen MR) is 127 cm³/mol. The quantitative estimate of drug-likeness (QED) is 0.350. The van der Waals surface area contributed by atoms with Gasteiger partial charge in [-0.3, -0.25) is 0 Å². The Morgan fingerprint density at radius 2 is 2.03 bits per heavy atom. The molecule has 2 N–H and O–H groups in total. The van der Waals surface area contributed by atoms with Crippen LogP contribution < -0.4 is 15.4 Å². The number of fused-ring (bicyclic) bond motifs is 4. The first kappa shape index (κ1) is 24.5. The molecule has 2 saturated heterocycles. The number of aromatic nitrogens is 2. The molecule has 2 aliphatic heterocycles. The van der Waals surface area contributed by atoms with E-state index in [9.17, 15) is 27.2 Å². The molecular formula is C24H15F6N5O2S. The smallest absolute Gasteiger partial charge is 0.417 e. The SMILES string of the molecule is COc1nc(N2CC3OCC2C3F)c2cc(C(F)(F)F)c(-c3ccc(F)c4sc(N)c(C#N)c34)c(F)c2n1. The van der Waals surface area contributed by atoms with Crippen molar-refractivity contribution >= 4 is 43.1 Å². The normalized spacial score (nSPS) is 21.0. The molecule has 7 nitrogen and oxygen atoms in total. The average Bonchev–Trinajstić information content (AvgIpc) is 3.52. The number of nitrogens with two attached hydrogens (primary N) is 1. The molecule has 0 radical (unpaired) electrons. The van der Waals surface area contributed by atoms with Crippen molar-refractivity contribution in [3.05, 3.63) is 41.0 Å². The van der Waals surface area contributed by atoms with E-state index in [0.29, 0.717) is 17.4 Å². The van der Waals surface area contributed by atoms with E-state index in [1.54, 1.807) is 6.07 Å². The molecule has 196 valence electrons. The Hall–Kier alpha value is -3.83. The zero-order valence-corrected chi connectivity index (χ0v) is 20.1. The summed E-state index contributed by atoms with van der Waals surface area (Å²) in [7, 11) is 1.20. The Morgan fingerprint density at radius 1 is 1.26 bits per heavy atom. The van der Waals surface area contributed by atoms with Crippen LogP contribution in [0, 0.1) is 23.0 Å². The Morgan fingerprint density at radius 3 is 2.63 bits per heavy atom. The number of methoxy groups -OCH3 is 1. The van der Waals surface area contributed by atoms with Gasteiger partial charge in [0.05, 0.1) is 35.6 Å². The fourth-order valence-corrected chi connectivity index (χ4v) is 6.09. The Balaban J connectivity index is 1.71. The van der Waals surface area contributed by atoms with Crippen LogP contribution >= 0.6 is 11.3 Å². The second kappa shape index (κ2) is 8.34. The van der Waals surface area contributed by atoms with E-state index < -0.39 is 52.8 Å². The van der Waals surface area contributed by atoms with E-state index in [1.807, 2.05) is 0 Å². The summed E-state index contributed by atoms with van der Waals surface area (Å²) >= 11 is 0.671. The first-order valence-electron chi connectivity index (χ1n) is 11.1. The number of nitrogen functional groups attached to an aromatic ring is 1. The number of nitriles is 1. The Bertz CT molecular complexity index is 1680. The second-order valence-corrected chi connectivity index (χ2v) is 9.88. The Labute approximate surface area is 214 Å². The van der Waals surface area contributed by atoms with Crippen LogP contribution in [0.3, 0.4) is 0 Å². The lowest BCUT2D eigenvalue weighted by molar-refractivity contribution is -0.137. The van der Waals surface area contributed by atoms with Crippen LogP contribution in [-0.4, -0.2) is 48.5 Å². The maximum absolute atomic E-state index is 16.3. The topological polar surface area (TPSA) is 97.3 Å². The van der Waals surface area contributed by atoms with E-state index in [0.717, 1.165) is 12.1 Å². The number of hydrogen-bond donors (Lipinski definition) is 1. The highest BCUT2D eigenvalue weighted by Crippen LogP contribution is 2.48. The predicted octanol–water partition coefficient (Wildman–Crippen LogP) is 5.20. The molecule has 4 heterocycles. The van der Waals surface area contributed by atoms with Gasteiger partial charge in [-0.2, -0.15) is 28.4 Å². The first-order valence-corrected chi connectivity index (χ1v) is 12.0. The molecule has 0 spiro atoms. The summed E-state index contributed by atoms with van der Waals surface area (Å²) in [5.41, 5.74) is 2.32. The average molecular weight is 551 g/mol. The summed E-state index contributed by atoms with van der Waals surface area (Å²) in [6.45, 7) is -0.0272. The molecule has 3 atom stereocenters. The number of rotatable bonds is 3. The molecule has 0 saturated carbocycles. The lowest BCUT2D eigenvalue weighted by atomic mass is 9.92. The third kappa shape index (κ3) is 3.38. The van der Waals surface area contributed by atoms with Gasteiger partial charge in [0.25, 0.3) is 0 Å². The second-order valence-electron chi connectivity index (χ2n) is 8.83. The van der Waals surface area contributed by atoms with E-state index in [2.05, 4.69) is 9.97 Å². The lowest BCUT2D eigenvalue weighted by Crippen LogP contribution is -2.38. The lowest BCUT2D eigenvalue weighted by Gasteiger charge is -2.29. The van der Waals surface area contributed by atoms with Crippen molar-refractivity contribution in [2.75, 3.05) is 30.9 Å². The van der Waals surface area contributed by atoms with Gasteiger partial charge in [-0.1, -0.05) is 6.07 Å². The van der Waals surface area contributed by atoms with Crippen molar-refractivity contribution < 1.29 is 35.8 Å². The van der Waals surface area contributed by atoms with Crippen molar-refractivity contribution in [2.24, 2.45) is 0 Å². The summed E-state index contributed by atoms with van der Waals surface area (Å²) in [6.07, 6.45) is -7.30. The van der Waals surface area contributed by atoms with Crippen molar-refractivity contribution in [1.29, 1.82) is 5.26 Å². The fraction of sp³-hybridized carbons (Fsp3) is 0.292. The molecular weight excluding hydrogens is 536 g/mol. The van der Waals surface area contributed by atoms with Crippen LogP contribution in [0.15, 0.2) is 18.2 Å². The minimum absolute atomic E-state index is 0.00980. The van der Waals surface area contributed by atoms with E-state index in [-0.39, 0.29) is 56.6 Å². The molecule has 2 fully saturated rings. The van der Waals surface area contributed by atoms with Gasteiger partial charge in [-0.05, 0) is 17.7 Å². The van der Waals surface area contributed by atoms with E-state index in [4.69, 9.17) is 15.2 Å². The minimum atomic E-state index is -5.09. The number of halogens is 6. The molecule has 38 heavy (non-hydrogen) atoms. The van der Waals surface area contributed by atoms with E-state index in [1.165, 1.54) is 12.0 Å². The van der Waals surface area contributed by atoms with Gasteiger partial charge in [0.2, 0.25) is 0 Å². The number of thiophene rings is 1. The molecule has 2 aliphatic rings. The summed E-state index contributed by atoms with van der Waals surface area (Å²) < 4.78 is 99.2. The van der Waals surface area contributed by atoms with Crippen molar-refractivity contribution in [2.45, 2.75) is 24.5 Å². The Kier molecular flexibility index (Phi) is 5.38. The van der Waals surface area contributed by atoms with Gasteiger partial charge < -0.3 is 20.1 Å². The van der Waals surface area contributed by atoms with Crippen LogP contribution in [0.1, 0.15) is 11.1 Å². The highest BCUT2D eigenvalue weighted by atomic mass is 32.1. The van der Waals surface area contributed by atoms with Crippen LogP contribution in [-0.2, 0) is 10.9 Å². The maximum Gasteiger partial charge on any atom is 0.417 e. The molecule has 2 aromatic carbocycles. The van der Waals surface area contributed by atoms with Crippen LogP contribution in [0.25, 0.3) is 32.1 Å². The number of anilines is 2. The number of hydrogen-bond acceptors (Lipinski definition) is 8. The molecule has 2 aromatic heterocycles. The van der Waals surface area contributed by atoms with Gasteiger partial charge in [0.1, 0.15) is 34.3 Å². The standard InChI is InChI=1S/C24H15F6N5O2S/c1-36-23-33-19-9(22(34-23)35-6-14-17(26)13(35)7-37-14)4-11(24(28,29)30)16(18(19)27)8-2-3-12(25)20-15(8)10(5-31)21(32)38-20/h2-4,13-14,17H,6-7,32H2,1H3. The minimum Gasteiger partial charge on any atom is -0.467 e. The molecule has 14 heteroatoms. The molecule has 4 aromatic rings. The third-order valence-electron chi connectivity index (χ3n) is 6.83. The van der Waals surface area contributed by atoms with Gasteiger partial charge >= 0.3 is 12.2 Å². The third-order valence-corrected chi connectivity index (χ3v) is 7.86. The zero-order chi connectivity index (χ0) is 27.1. The number of morpholine rings is 1. The fourth-order valence-electron chi connectivity index (χ4n) is 5.14. The monoisotopic (exact) mass is 551 g/mol. The van der Waals surface area contributed by atoms with Gasteiger partial charge in [-0.25, -0.2) is 13.2 Å². The molecule has 6 rings (SSSR count). The number of ether oxygens (including phenoxy) is 2.